The van der Waals surface area contributed by atoms with Crippen molar-refractivity contribution < 1.29 is 0 Å². The number of aromatic nitrogens is 3. The second kappa shape index (κ2) is 4.90. The molecule has 0 radical (unpaired) electrons. The number of nitrogens with one attached hydrogen (secondary N) is 2. The van der Waals surface area contributed by atoms with Crippen LogP contribution >= 0.6 is 0 Å². The van der Waals surface area contributed by atoms with Gasteiger partial charge in [-0.3, -0.25) is 10.1 Å². The highest BCUT2D eigenvalue weighted by molar-refractivity contribution is 5.58. The standard InChI is InChI=1S/C14H18N4/c1-10-4-2-7-16-14(10)13-8-12(17-18-13)11-5-3-6-15-9-11/h2,4,7-8,11,15H,3,5-6,9H2,1H3,(H,17,18)/t11-/m0/s1. The highest BCUT2D eigenvalue weighted by Gasteiger charge is 2.18. The summed E-state index contributed by atoms with van der Waals surface area (Å²) >= 11 is 0. The number of aromatic amines is 1. The summed E-state index contributed by atoms with van der Waals surface area (Å²) in [5.74, 6) is 0.559. The Hall–Kier alpha value is -1.68. The van der Waals surface area contributed by atoms with Gasteiger partial charge in [0.1, 0.15) is 5.69 Å². The maximum Gasteiger partial charge on any atom is 0.111 e. The first kappa shape index (κ1) is 11.4. The van der Waals surface area contributed by atoms with E-state index < -0.39 is 0 Å². The van der Waals surface area contributed by atoms with Crippen LogP contribution in [0.2, 0.25) is 0 Å². The lowest BCUT2D eigenvalue weighted by Crippen LogP contribution is -2.28. The molecule has 0 saturated carbocycles. The van der Waals surface area contributed by atoms with Gasteiger partial charge in [0.15, 0.2) is 0 Å². The Kier molecular flexibility index (Phi) is 3.11. The monoisotopic (exact) mass is 242 g/mol. The minimum Gasteiger partial charge on any atom is -0.316 e. The van der Waals surface area contributed by atoms with Gasteiger partial charge in [0.05, 0.1) is 5.69 Å². The van der Waals surface area contributed by atoms with Gasteiger partial charge in [0.25, 0.3) is 0 Å². The average molecular weight is 242 g/mol. The normalized spacial score (nSPS) is 19.9. The van der Waals surface area contributed by atoms with Crippen LogP contribution in [0.15, 0.2) is 24.4 Å². The molecule has 3 heterocycles. The maximum absolute atomic E-state index is 4.41. The SMILES string of the molecule is Cc1cccnc1-c1cc([C@H]2CCCNC2)[nH]n1. The van der Waals surface area contributed by atoms with Crippen molar-refractivity contribution in [2.45, 2.75) is 25.7 Å². The zero-order valence-corrected chi connectivity index (χ0v) is 10.6. The number of hydrogen-bond acceptors (Lipinski definition) is 3. The molecule has 0 amide bonds. The van der Waals surface area contributed by atoms with Crippen molar-refractivity contribution in [2.75, 3.05) is 13.1 Å². The Bertz CT molecular complexity index is 526. The molecule has 0 unspecified atom stereocenters. The largest absolute Gasteiger partial charge is 0.316 e. The molecule has 0 spiro atoms. The molecule has 1 aliphatic heterocycles. The third kappa shape index (κ3) is 2.16. The molecule has 1 fully saturated rings. The fraction of sp³-hybridized carbons (Fsp3) is 0.429. The van der Waals surface area contributed by atoms with Gasteiger partial charge in [-0.2, -0.15) is 5.10 Å². The van der Waals surface area contributed by atoms with E-state index in [1.165, 1.54) is 18.5 Å². The Morgan fingerprint density at radius 3 is 3.11 bits per heavy atom. The van der Waals surface area contributed by atoms with Crippen LogP contribution < -0.4 is 5.32 Å². The number of hydrogen-bond donors (Lipinski definition) is 2. The van der Waals surface area contributed by atoms with Crippen molar-refractivity contribution in [2.24, 2.45) is 0 Å². The number of H-pyrrole nitrogens is 1. The van der Waals surface area contributed by atoms with E-state index in [0.29, 0.717) is 5.92 Å². The number of rotatable bonds is 2. The molecule has 0 aliphatic carbocycles. The lowest BCUT2D eigenvalue weighted by molar-refractivity contribution is 0.454. The molecule has 18 heavy (non-hydrogen) atoms. The summed E-state index contributed by atoms with van der Waals surface area (Å²) in [6, 6.07) is 6.17. The molecule has 0 aromatic carbocycles. The molecule has 4 nitrogen and oxygen atoms in total. The zero-order valence-electron chi connectivity index (χ0n) is 10.6. The van der Waals surface area contributed by atoms with E-state index in [9.17, 15) is 0 Å². The molecule has 1 aliphatic rings. The van der Waals surface area contributed by atoms with E-state index in [1.54, 1.807) is 0 Å². The fourth-order valence-electron chi connectivity index (χ4n) is 2.54. The van der Waals surface area contributed by atoms with E-state index in [2.05, 4.69) is 39.6 Å². The lowest BCUT2D eigenvalue weighted by Gasteiger charge is -2.21. The van der Waals surface area contributed by atoms with Gasteiger partial charge in [0, 0.05) is 24.4 Å². The summed E-state index contributed by atoms with van der Waals surface area (Å²) in [6.45, 7) is 4.25. The summed E-state index contributed by atoms with van der Waals surface area (Å²) in [5.41, 5.74) is 4.32. The summed E-state index contributed by atoms with van der Waals surface area (Å²) in [6.07, 6.45) is 4.29. The molecule has 3 rings (SSSR count). The van der Waals surface area contributed by atoms with Crippen molar-refractivity contribution in [1.82, 2.24) is 20.5 Å². The van der Waals surface area contributed by atoms with Crippen molar-refractivity contribution in [3.05, 3.63) is 35.7 Å². The summed E-state index contributed by atoms with van der Waals surface area (Å²) < 4.78 is 0. The Morgan fingerprint density at radius 1 is 1.39 bits per heavy atom. The molecule has 2 aromatic heterocycles. The summed E-state index contributed by atoms with van der Waals surface area (Å²) in [4.78, 5) is 4.41. The van der Waals surface area contributed by atoms with Crippen LogP contribution in [0.4, 0.5) is 0 Å². The number of pyridine rings is 1. The summed E-state index contributed by atoms with van der Waals surface area (Å²) in [7, 11) is 0. The smallest absolute Gasteiger partial charge is 0.111 e. The van der Waals surface area contributed by atoms with E-state index >= 15 is 0 Å². The van der Waals surface area contributed by atoms with Crippen LogP contribution in [-0.4, -0.2) is 28.3 Å². The van der Waals surface area contributed by atoms with Crippen molar-refractivity contribution >= 4 is 0 Å². The number of aryl methyl sites for hydroxylation is 1. The van der Waals surface area contributed by atoms with E-state index in [1.807, 2.05) is 12.3 Å². The highest BCUT2D eigenvalue weighted by atomic mass is 15.1. The van der Waals surface area contributed by atoms with Crippen LogP contribution in [0.5, 0.6) is 0 Å². The molecule has 2 aromatic rings. The van der Waals surface area contributed by atoms with Crippen LogP contribution in [-0.2, 0) is 0 Å². The third-order valence-corrected chi connectivity index (χ3v) is 3.59. The first-order valence-corrected chi connectivity index (χ1v) is 6.52. The number of piperidine rings is 1. The molecule has 4 heteroatoms. The first-order valence-electron chi connectivity index (χ1n) is 6.52. The lowest BCUT2D eigenvalue weighted by atomic mass is 9.96. The second-order valence-electron chi connectivity index (χ2n) is 4.92. The van der Waals surface area contributed by atoms with Gasteiger partial charge in [-0.1, -0.05) is 6.07 Å². The Labute approximate surface area is 107 Å². The van der Waals surface area contributed by atoms with E-state index in [-0.39, 0.29) is 0 Å². The molecular formula is C14H18N4. The molecule has 1 atom stereocenters. The maximum atomic E-state index is 4.41. The fourth-order valence-corrected chi connectivity index (χ4v) is 2.54. The van der Waals surface area contributed by atoms with E-state index in [0.717, 1.165) is 30.0 Å². The van der Waals surface area contributed by atoms with Crippen LogP contribution in [0.1, 0.15) is 30.0 Å². The second-order valence-corrected chi connectivity index (χ2v) is 4.92. The molecule has 0 bridgehead atoms. The predicted octanol–water partition coefficient (Wildman–Crippen LogP) is 2.25. The van der Waals surface area contributed by atoms with Crippen LogP contribution in [0.3, 0.4) is 0 Å². The minimum absolute atomic E-state index is 0.559. The topological polar surface area (TPSA) is 53.6 Å². The van der Waals surface area contributed by atoms with Gasteiger partial charge in [0.2, 0.25) is 0 Å². The minimum atomic E-state index is 0.559. The van der Waals surface area contributed by atoms with Crippen molar-refractivity contribution in [3.63, 3.8) is 0 Å². The molecular weight excluding hydrogens is 224 g/mol. The average Bonchev–Trinajstić information content (AvgIpc) is 2.90. The molecule has 1 saturated heterocycles. The zero-order chi connectivity index (χ0) is 12.4. The van der Waals surface area contributed by atoms with Crippen molar-refractivity contribution in [1.29, 1.82) is 0 Å². The Balaban J connectivity index is 1.87. The molecule has 94 valence electrons. The van der Waals surface area contributed by atoms with E-state index in [4.69, 9.17) is 0 Å². The van der Waals surface area contributed by atoms with Crippen molar-refractivity contribution in [3.8, 4) is 11.4 Å². The van der Waals surface area contributed by atoms with Gasteiger partial charge in [-0.25, -0.2) is 0 Å². The third-order valence-electron chi connectivity index (χ3n) is 3.59. The molecule has 2 N–H and O–H groups in total. The first-order chi connectivity index (χ1) is 8.84. The van der Waals surface area contributed by atoms with Gasteiger partial charge in [-0.15, -0.1) is 0 Å². The quantitative estimate of drug-likeness (QED) is 0.849. The van der Waals surface area contributed by atoms with Crippen LogP contribution in [0.25, 0.3) is 11.4 Å². The van der Waals surface area contributed by atoms with Gasteiger partial charge < -0.3 is 5.32 Å². The number of nitrogens with zero attached hydrogens (tertiary/aromatic N) is 2. The predicted molar refractivity (Wildman–Crippen MR) is 71.4 cm³/mol. The van der Waals surface area contributed by atoms with Crippen LogP contribution in [0, 0.1) is 6.92 Å². The van der Waals surface area contributed by atoms with Gasteiger partial charge in [-0.05, 0) is 44.0 Å². The highest BCUT2D eigenvalue weighted by Crippen LogP contribution is 2.25. The Morgan fingerprint density at radius 2 is 2.33 bits per heavy atom. The summed E-state index contributed by atoms with van der Waals surface area (Å²) in [5, 5.41) is 11.0. The van der Waals surface area contributed by atoms with Gasteiger partial charge >= 0.3 is 0 Å².